The molecule has 0 unspecified atom stereocenters. The Morgan fingerprint density at radius 1 is 1.33 bits per heavy atom. The number of sulfonamides is 1. The Morgan fingerprint density at radius 3 is 2.38 bits per heavy atom. The highest BCUT2D eigenvalue weighted by Crippen LogP contribution is 2.21. The zero-order valence-corrected chi connectivity index (χ0v) is 14.1. The van der Waals surface area contributed by atoms with Crippen molar-refractivity contribution in [1.29, 1.82) is 0 Å². The number of hydrogen-bond acceptors (Lipinski definition) is 4. The minimum absolute atomic E-state index is 0.0975. The van der Waals surface area contributed by atoms with E-state index in [1.807, 2.05) is 6.92 Å². The van der Waals surface area contributed by atoms with E-state index in [0.717, 1.165) is 6.42 Å². The molecular weight excluding hydrogens is 292 g/mol. The van der Waals surface area contributed by atoms with Crippen LogP contribution in [0.4, 0.5) is 0 Å². The fourth-order valence-electron chi connectivity index (χ4n) is 2.33. The van der Waals surface area contributed by atoms with E-state index in [9.17, 15) is 18.3 Å². The fraction of sp³-hybridized carbons (Fsp3) is 0.929. The lowest BCUT2D eigenvalue weighted by molar-refractivity contribution is -0.128. The van der Waals surface area contributed by atoms with Gasteiger partial charge in [0.15, 0.2) is 0 Å². The van der Waals surface area contributed by atoms with E-state index in [-0.39, 0.29) is 24.2 Å². The molecule has 0 bridgehead atoms. The lowest BCUT2D eigenvalue weighted by Gasteiger charge is -2.32. The van der Waals surface area contributed by atoms with Crippen molar-refractivity contribution in [2.45, 2.75) is 52.0 Å². The van der Waals surface area contributed by atoms with Crippen LogP contribution in [0.1, 0.15) is 46.5 Å². The Kier molecular flexibility index (Phi) is 6.62. The van der Waals surface area contributed by atoms with Gasteiger partial charge in [-0.2, -0.15) is 0 Å². The van der Waals surface area contributed by atoms with Gasteiger partial charge in [-0.25, -0.2) is 12.7 Å². The number of piperidine rings is 1. The molecule has 21 heavy (non-hydrogen) atoms. The van der Waals surface area contributed by atoms with E-state index < -0.39 is 15.6 Å². The Balaban J connectivity index is 2.50. The second kappa shape index (κ2) is 7.56. The van der Waals surface area contributed by atoms with E-state index >= 15 is 0 Å². The van der Waals surface area contributed by atoms with Crippen molar-refractivity contribution in [2.75, 3.05) is 25.4 Å². The maximum atomic E-state index is 12.1. The monoisotopic (exact) mass is 320 g/mol. The van der Waals surface area contributed by atoms with Crippen LogP contribution in [0.25, 0.3) is 0 Å². The first-order valence-corrected chi connectivity index (χ1v) is 9.23. The number of hydrogen-bond donors (Lipinski definition) is 2. The maximum Gasteiger partial charge on any atom is 0.223 e. The van der Waals surface area contributed by atoms with Crippen molar-refractivity contribution < 1.29 is 18.3 Å². The summed E-state index contributed by atoms with van der Waals surface area (Å²) in [7, 11) is -3.17. The molecule has 124 valence electrons. The zero-order valence-electron chi connectivity index (χ0n) is 13.3. The molecule has 7 heteroatoms. The van der Waals surface area contributed by atoms with Gasteiger partial charge in [-0.1, -0.05) is 13.3 Å². The van der Waals surface area contributed by atoms with Crippen molar-refractivity contribution in [3.63, 3.8) is 0 Å². The molecule has 1 saturated heterocycles. The van der Waals surface area contributed by atoms with Crippen LogP contribution in [-0.2, 0) is 14.8 Å². The molecule has 0 aromatic rings. The van der Waals surface area contributed by atoms with Crippen LogP contribution in [-0.4, -0.2) is 54.7 Å². The maximum absolute atomic E-state index is 12.1. The molecule has 0 saturated carbocycles. The molecule has 0 spiro atoms. The van der Waals surface area contributed by atoms with E-state index in [1.54, 1.807) is 13.8 Å². The highest BCUT2D eigenvalue weighted by atomic mass is 32.2. The van der Waals surface area contributed by atoms with Gasteiger partial charge in [-0.3, -0.25) is 4.79 Å². The van der Waals surface area contributed by atoms with Crippen LogP contribution >= 0.6 is 0 Å². The van der Waals surface area contributed by atoms with Gasteiger partial charge in [0.1, 0.15) is 0 Å². The summed E-state index contributed by atoms with van der Waals surface area (Å²) in [6.07, 6.45) is 2.61. The summed E-state index contributed by atoms with van der Waals surface area (Å²) in [5.41, 5.74) is -0.637. The minimum Gasteiger partial charge on any atom is -0.394 e. The molecule has 1 fully saturated rings. The second-order valence-electron chi connectivity index (χ2n) is 6.37. The van der Waals surface area contributed by atoms with Crippen LogP contribution in [0.2, 0.25) is 0 Å². The molecular formula is C14H28N2O4S. The first-order valence-electron chi connectivity index (χ1n) is 7.62. The molecule has 1 aliphatic rings. The van der Waals surface area contributed by atoms with Gasteiger partial charge in [-0.05, 0) is 33.1 Å². The molecule has 1 amide bonds. The molecule has 0 aliphatic carbocycles. The summed E-state index contributed by atoms with van der Waals surface area (Å²) in [6.45, 7) is 6.18. The van der Waals surface area contributed by atoms with Gasteiger partial charge in [0.05, 0.1) is 17.9 Å². The number of unbranched alkanes of at least 4 members (excludes halogenated alkanes) is 1. The van der Waals surface area contributed by atoms with E-state index in [2.05, 4.69) is 5.32 Å². The Bertz CT molecular complexity index is 440. The minimum atomic E-state index is -3.17. The zero-order chi connectivity index (χ0) is 16.1. The summed E-state index contributed by atoms with van der Waals surface area (Å²) < 4.78 is 25.7. The normalized spacial score (nSPS) is 18.7. The average molecular weight is 320 g/mol. The number of aliphatic hydroxyl groups is 1. The molecule has 1 aliphatic heterocycles. The number of aliphatic hydroxyl groups excluding tert-OH is 1. The van der Waals surface area contributed by atoms with E-state index in [0.29, 0.717) is 32.4 Å². The van der Waals surface area contributed by atoms with E-state index in [1.165, 1.54) is 4.31 Å². The summed E-state index contributed by atoms with van der Waals surface area (Å²) in [5.74, 6) is -0.0779. The lowest BCUT2D eigenvalue weighted by Crippen LogP contribution is -2.51. The summed E-state index contributed by atoms with van der Waals surface area (Å²) in [4.78, 5) is 12.1. The molecule has 0 atom stereocenters. The Labute approximate surface area is 128 Å². The number of carbonyl (C=O) groups excluding carboxylic acids is 1. The van der Waals surface area contributed by atoms with Crippen molar-refractivity contribution in [1.82, 2.24) is 9.62 Å². The molecule has 0 aromatic carbocycles. The van der Waals surface area contributed by atoms with Gasteiger partial charge in [0.2, 0.25) is 15.9 Å². The van der Waals surface area contributed by atoms with Crippen molar-refractivity contribution >= 4 is 15.9 Å². The molecule has 6 nitrogen and oxygen atoms in total. The van der Waals surface area contributed by atoms with Crippen LogP contribution in [0, 0.1) is 5.92 Å². The first-order chi connectivity index (χ1) is 9.72. The van der Waals surface area contributed by atoms with E-state index in [4.69, 9.17) is 0 Å². The van der Waals surface area contributed by atoms with Crippen molar-refractivity contribution in [2.24, 2.45) is 5.92 Å². The van der Waals surface area contributed by atoms with Crippen LogP contribution in [0.3, 0.4) is 0 Å². The SMILES string of the molecule is CCCCS(=O)(=O)N1CCC(C(=O)NC(C)(C)CO)CC1. The van der Waals surface area contributed by atoms with Gasteiger partial charge < -0.3 is 10.4 Å². The van der Waals surface area contributed by atoms with Crippen molar-refractivity contribution in [3.05, 3.63) is 0 Å². The third-order valence-electron chi connectivity index (χ3n) is 3.83. The number of nitrogens with zero attached hydrogens (tertiary/aromatic N) is 1. The molecule has 1 heterocycles. The number of carbonyl (C=O) groups is 1. The fourth-order valence-corrected chi connectivity index (χ4v) is 4.01. The quantitative estimate of drug-likeness (QED) is 0.723. The van der Waals surface area contributed by atoms with Crippen LogP contribution in [0.5, 0.6) is 0 Å². The predicted octanol–water partition coefficient (Wildman–Crippen LogP) is 0.715. The molecule has 1 rings (SSSR count). The van der Waals surface area contributed by atoms with Gasteiger partial charge in [0.25, 0.3) is 0 Å². The van der Waals surface area contributed by atoms with Gasteiger partial charge in [-0.15, -0.1) is 0 Å². The number of rotatable bonds is 7. The number of amides is 1. The average Bonchev–Trinajstić information content (AvgIpc) is 2.45. The second-order valence-corrected chi connectivity index (χ2v) is 8.46. The largest absolute Gasteiger partial charge is 0.394 e. The Hall–Kier alpha value is -0.660. The summed E-state index contributed by atoms with van der Waals surface area (Å²) in [5, 5.41) is 12.0. The first kappa shape index (κ1) is 18.4. The molecule has 0 radical (unpaired) electrons. The third-order valence-corrected chi connectivity index (χ3v) is 5.79. The third kappa shape index (κ3) is 5.56. The highest BCUT2D eigenvalue weighted by molar-refractivity contribution is 7.89. The topological polar surface area (TPSA) is 86.7 Å². The van der Waals surface area contributed by atoms with Gasteiger partial charge >= 0.3 is 0 Å². The lowest BCUT2D eigenvalue weighted by atomic mass is 9.95. The predicted molar refractivity (Wildman–Crippen MR) is 82.3 cm³/mol. The van der Waals surface area contributed by atoms with Crippen LogP contribution < -0.4 is 5.32 Å². The smallest absolute Gasteiger partial charge is 0.223 e. The van der Waals surface area contributed by atoms with Crippen LogP contribution in [0.15, 0.2) is 0 Å². The highest BCUT2D eigenvalue weighted by Gasteiger charge is 2.32. The number of nitrogens with one attached hydrogen (secondary N) is 1. The van der Waals surface area contributed by atoms with Gasteiger partial charge in [0, 0.05) is 19.0 Å². The standard InChI is InChI=1S/C14H28N2O4S/c1-4-5-10-21(19,20)16-8-6-12(7-9-16)13(18)15-14(2,3)11-17/h12,17H,4-11H2,1-3H3,(H,15,18). The molecule has 0 aromatic heterocycles. The summed E-state index contributed by atoms with van der Waals surface area (Å²) in [6, 6.07) is 0. The Morgan fingerprint density at radius 2 is 1.90 bits per heavy atom. The summed E-state index contributed by atoms with van der Waals surface area (Å²) >= 11 is 0. The van der Waals surface area contributed by atoms with Crippen molar-refractivity contribution in [3.8, 4) is 0 Å². The molecule has 2 N–H and O–H groups in total.